The smallest absolute Gasteiger partial charge is 0.145 e. The monoisotopic (exact) mass is 339 g/mol. The first-order valence-corrected chi connectivity index (χ1v) is 7.28. The van der Waals surface area contributed by atoms with Crippen molar-refractivity contribution in [1.29, 1.82) is 0 Å². The molecule has 0 bridgehead atoms. The van der Waals surface area contributed by atoms with Crippen LogP contribution in [-0.4, -0.2) is 0 Å². The molecule has 2 aromatic carbocycles. The summed E-state index contributed by atoms with van der Waals surface area (Å²) in [5.74, 6) is -1.25. The van der Waals surface area contributed by atoms with Crippen molar-refractivity contribution in [3.05, 3.63) is 69.7 Å². The van der Waals surface area contributed by atoms with Gasteiger partial charge in [-0.1, -0.05) is 43.7 Å². The maximum Gasteiger partial charge on any atom is 0.145 e. The van der Waals surface area contributed by atoms with Gasteiger partial charge in [0.15, 0.2) is 0 Å². The lowest BCUT2D eigenvalue weighted by atomic mass is 9.79. The lowest BCUT2D eigenvalue weighted by Crippen LogP contribution is -2.39. The summed E-state index contributed by atoms with van der Waals surface area (Å²) in [5.41, 5.74) is 5.87. The van der Waals surface area contributed by atoms with Crippen LogP contribution in [0, 0.1) is 11.6 Å². The minimum Gasteiger partial charge on any atom is -0.318 e. The molecule has 1 unspecified atom stereocenters. The van der Waals surface area contributed by atoms with Gasteiger partial charge in [-0.05, 0) is 40.0 Å². The van der Waals surface area contributed by atoms with Gasteiger partial charge in [0, 0.05) is 5.56 Å². The van der Waals surface area contributed by atoms with Crippen molar-refractivity contribution in [2.24, 2.45) is 5.73 Å². The molecule has 0 aliphatic rings. The average Bonchev–Trinajstić information content (AvgIpc) is 2.44. The Balaban J connectivity index is 2.69. The molecule has 0 amide bonds. The van der Waals surface area contributed by atoms with E-state index in [0.29, 0.717) is 12.0 Å². The molecule has 1 atom stereocenters. The van der Waals surface area contributed by atoms with Gasteiger partial charge < -0.3 is 5.73 Å². The molecule has 0 aromatic heterocycles. The van der Waals surface area contributed by atoms with Crippen LogP contribution in [0.15, 0.2) is 46.9 Å². The summed E-state index contributed by atoms with van der Waals surface area (Å²) in [7, 11) is 0. The third-order valence-corrected chi connectivity index (χ3v) is 4.04. The third-order valence-electron chi connectivity index (χ3n) is 3.42. The van der Waals surface area contributed by atoms with Gasteiger partial charge >= 0.3 is 0 Å². The van der Waals surface area contributed by atoms with Crippen LogP contribution in [0.4, 0.5) is 8.78 Å². The number of nitrogens with two attached hydrogens (primary N) is 1. The molecule has 0 fully saturated rings. The van der Waals surface area contributed by atoms with Crippen LogP contribution in [0.5, 0.6) is 0 Å². The Bertz CT molecular complexity index is 601. The lowest BCUT2D eigenvalue weighted by Gasteiger charge is -2.31. The first kappa shape index (κ1) is 15.1. The Hall–Kier alpha value is -1.26. The lowest BCUT2D eigenvalue weighted by molar-refractivity contribution is 0.424. The molecule has 106 valence electrons. The summed E-state index contributed by atoms with van der Waals surface area (Å²) in [4.78, 5) is 0. The van der Waals surface area contributed by atoms with E-state index < -0.39 is 17.2 Å². The highest BCUT2D eigenvalue weighted by Crippen LogP contribution is 2.37. The van der Waals surface area contributed by atoms with Crippen LogP contribution in [0.3, 0.4) is 0 Å². The van der Waals surface area contributed by atoms with Gasteiger partial charge in [-0.2, -0.15) is 0 Å². The second-order valence-corrected chi connectivity index (χ2v) is 5.66. The highest BCUT2D eigenvalue weighted by Gasteiger charge is 2.35. The van der Waals surface area contributed by atoms with E-state index in [4.69, 9.17) is 5.73 Å². The second kappa shape index (κ2) is 6.02. The first-order valence-electron chi connectivity index (χ1n) is 6.49. The molecule has 4 heteroatoms. The van der Waals surface area contributed by atoms with E-state index in [1.54, 1.807) is 12.1 Å². The fraction of sp³-hybridized carbons (Fsp3) is 0.250. The second-order valence-electron chi connectivity index (χ2n) is 4.81. The van der Waals surface area contributed by atoms with Crippen LogP contribution < -0.4 is 5.73 Å². The van der Waals surface area contributed by atoms with Gasteiger partial charge in [0.25, 0.3) is 0 Å². The number of rotatable bonds is 4. The maximum absolute atomic E-state index is 14.4. The van der Waals surface area contributed by atoms with Crippen LogP contribution in [0.1, 0.15) is 30.9 Å². The first-order chi connectivity index (χ1) is 9.50. The molecular formula is C16H16BrF2N. The van der Waals surface area contributed by atoms with Gasteiger partial charge in [-0.15, -0.1) is 0 Å². The number of hydrogen-bond donors (Lipinski definition) is 1. The van der Waals surface area contributed by atoms with Gasteiger partial charge in [0.2, 0.25) is 0 Å². The predicted octanol–water partition coefficient (Wildman–Crippen LogP) is 4.73. The summed E-state index contributed by atoms with van der Waals surface area (Å²) >= 11 is 3.10. The molecule has 20 heavy (non-hydrogen) atoms. The van der Waals surface area contributed by atoms with Gasteiger partial charge in [-0.3, -0.25) is 0 Å². The van der Waals surface area contributed by atoms with Crippen LogP contribution in [0.2, 0.25) is 0 Å². The van der Waals surface area contributed by atoms with Crippen molar-refractivity contribution in [3.8, 4) is 0 Å². The topological polar surface area (TPSA) is 26.0 Å². The molecule has 0 saturated heterocycles. The van der Waals surface area contributed by atoms with Crippen molar-refractivity contribution in [1.82, 2.24) is 0 Å². The molecule has 0 radical (unpaired) electrons. The third kappa shape index (κ3) is 2.63. The molecule has 2 rings (SSSR count). The molecule has 0 spiro atoms. The molecule has 0 heterocycles. The zero-order chi connectivity index (χ0) is 14.8. The average molecular weight is 340 g/mol. The largest absolute Gasteiger partial charge is 0.318 e. The minimum absolute atomic E-state index is 0.0834. The predicted molar refractivity (Wildman–Crippen MR) is 80.4 cm³/mol. The number of benzene rings is 2. The van der Waals surface area contributed by atoms with Gasteiger partial charge in [0.05, 0.1) is 10.0 Å². The number of hydrogen-bond acceptors (Lipinski definition) is 1. The molecule has 0 saturated carbocycles. The minimum atomic E-state index is -1.17. The molecule has 0 aliphatic carbocycles. The molecule has 0 aliphatic heterocycles. The zero-order valence-corrected chi connectivity index (χ0v) is 12.8. The van der Waals surface area contributed by atoms with Crippen molar-refractivity contribution >= 4 is 15.9 Å². The van der Waals surface area contributed by atoms with E-state index in [1.807, 2.05) is 25.1 Å². The van der Waals surface area contributed by atoms with E-state index in [-0.39, 0.29) is 10.0 Å². The van der Waals surface area contributed by atoms with E-state index in [0.717, 1.165) is 6.42 Å². The van der Waals surface area contributed by atoms with E-state index >= 15 is 0 Å². The van der Waals surface area contributed by atoms with Crippen LogP contribution >= 0.6 is 15.9 Å². The van der Waals surface area contributed by atoms with E-state index in [9.17, 15) is 8.78 Å². The molecule has 1 nitrogen and oxygen atoms in total. The molecular weight excluding hydrogens is 324 g/mol. The van der Waals surface area contributed by atoms with Crippen molar-refractivity contribution in [2.75, 3.05) is 0 Å². The standard InChI is InChI=1S/C16H16BrF2N/c1-2-10-16(20,11-6-4-3-5-7-11)14-13(18)9-8-12(17)15(14)19/h3-9H,2,10,20H2,1H3. The summed E-state index contributed by atoms with van der Waals surface area (Å²) < 4.78 is 28.8. The molecule has 2 N–H and O–H groups in total. The Morgan fingerprint density at radius 1 is 1.10 bits per heavy atom. The van der Waals surface area contributed by atoms with Gasteiger partial charge in [-0.25, -0.2) is 8.78 Å². The summed E-state index contributed by atoms with van der Waals surface area (Å²) in [5, 5.41) is 0. The normalized spacial score (nSPS) is 14.1. The maximum atomic E-state index is 14.4. The summed E-state index contributed by atoms with van der Waals surface area (Å²) in [6, 6.07) is 11.7. The zero-order valence-electron chi connectivity index (χ0n) is 11.2. The van der Waals surface area contributed by atoms with Gasteiger partial charge in [0.1, 0.15) is 11.6 Å². The fourth-order valence-electron chi connectivity index (χ4n) is 2.48. The number of halogens is 3. The SMILES string of the molecule is CCCC(N)(c1ccccc1)c1c(F)ccc(Br)c1F. The quantitative estimate of drug-likeness (QED) is 0.800. The van der Waals surface area contributed by atoms with Crippen molar-refractivity contribution in [2.45, 2.75) is 25.3 Å². The van der Waals surface area contributed by atoms with Crippen LogP contribution in [-0.2, 0) is 5.54 Å². The van der Waals surface area contributed by atoms with Crippen molar-refractivity contribution < 1.29 is 8.78 Å². The van der Waals surface area contributed by atoms with E-state index in [2.05, 4.69) is 15.9 Å². The fourth-order valence-corrected chi connectivity index (χ4v) is 2.81. The molecule has 2 aromatic rings. The Kier molecular flexibility index (Phi) is 4.55. The van der Waals surface area contributed by atoms with E-state index in [1.165, 1.54) is 12.1 Å². The Morgan fingerprint density at radius 2 is 1.75 bits per heavy atom. The Morgan fingerprint density at radius 3 is 2.35 bits per heavy atom. The highest BCUT2D eigenvalue weighted by atomic mass is 79.9. The highest BCUT2D eigenvalue weighted by molar-refractivity contribution is 9.10. The Labute approximate surface area is 125 Å². The van der Waals surface area contributed by atoms with Crippen molar-refractivity contribution in [3.63, 3.8) is 0 Å². The van der Waals surface area contributed by atoms with Crippen LogP contribution in [0.25, 0.3) is 0 Å². The summed E-state index contributed by atoms with van der Waals surface area (Å²) in [6.07, 6.45) is 1.18. The summed E-state index contributed by atoms with van der Waals surface area (Å²) in [6.45, 7) is 1.94.